The van der Waals surface area contributed by atoms with Crippen LogP contribution in [0.2, 0.25) is 0 Å². The van der Waals surface area contributed by atoms with E-state index in [9.17, 15) is 18.5 Å². The number of hydrogen-bond donors (Lipinski definition) is 0. The van der Waals surface area contributed by atoms with Gasteiger partial charge in [-0.1, -0.05) is 42.5 Å². The van der Waals surface area contributed by atoms with E-state index in [1.807, 2.05) is 47.0 Å². The summed E-state index contributed by atoms with van der Waals surface area (Å²) >= 11 is 0. The van der Waals surface area contributed by atoms with Crippen molar-refractivity contribution in [2.45, 2.75) is 23.8 Å². The van der Waals surface area contributed by atoms with E-state index in [1.165, 1.54) is 16.4 Å². The van der Waals surface area contributed by atoms with Gasteiger partial charge in [0.05, 0.1) is 10.5 Å². The van der Waals surface area contributed by atoms with Gasteiger partial charge in [0, 0.05) is 42.9 Å². The number of pyridine rings is 1. The molecule has 3 heterocycles. The maximum absolute atomic E-state index is 13.4. The van der Waals surface area contributed by atoms with Crippen LogP contribution in [-0.4, -0.2) is 30.4 Å². The van der Waals surface area contributed by atoms with Crippen molar-refractivity contribution in [3.8, 4) is 17.2 Å². The van der Waals surface area contributed by atoms with Crippen molar-refractivity contribution in [3.05, 3.63) is 88.3 Å². The first-order valence-corrected chi connectivity index (χ1v) is 11.7. The summed E-state index contributed by atoms with van der Waals surface area (Å²) in [6.45, 7) is 1.14. The Labute approximate surface area is 181 Å². The van der Waals surface area contributed by atoms with E-state index in [-0.39, 0.29) is 27.9 Å². The van der Waals surface area contributed by atoms with Crippen molar-refractivity contribution in [2.24, 2.45) is 5.92 Å². The van der Waals surface area contributed by atoms with Gasteiger partial charge in [-0.15, -0.1) is 0 Å². The molecule has 2 atom stereocenters. The molecule has 2 unspecified atom stereocenters. The third-order valence-electron chi connectivity index (χ3n) is 6.27. The molecule has 31 heavy (non-hydrogen) atoms. The van der Waals surface area contributed by atoms with Gasteiger partial charge in [-0.2, -0.15) is 9.57 Å². The van der Waals surface area contributed by atoms with Crippen LogP contribution in [0.1, 0.15) is 23.6 Å². The summed E-state index contributed by atoms with van der Waals surface area (Å²) in [6.07, 6.45) is 0.842. The summed E-state index contributed by atoms with van der Waals surface area (Å²) in [5.74, 6) is -0.0281. The van der Waals surface area contributed by atoms with Gasteiger partial charge in [0.1, 0.15) is 6.07 Å². The van der Waals surface area contributed by atoms with Gasteiger partial charge in [-0.25, -0.2) is 8.42 Å². The smallest absolute Gasteiger partial charge is 0.250 e. The molecule has 2 aliphatic rings. The van der Waals surface area contributed by atoms with E-state index < -0.39 is 10.0 Å². The maximum atomic E-state index is 13.4. The molecule has 1 saturated heterocycles. The van der Waals surface area contributed by atoms with Crippen molar-refractivity contribution in [1.29, 1.82) is 5.26 Å². The predicted molar refractivity (Wildman–Crippen MR) is 117 cm³/mol. The number of nitriles is 1. The van der Waals surface area contributed by atoms with Crippen molar-refractivity contribution in [1.82, 2.24) is 8.87 Å². The average molecular weight is 432 g/mol. The van der Waals surface area contributed by atoms with Gasteiger partial charge < -0.3 is 4.57 Å². The molecule has 2 aliphatic heterocycles. The zero-order valence-electron chi connectivity index (χ0n) is 16.8. The monoisotopic (exact) mass is 431 g/mol. The number of benzene rings is 2. The van der Waals surface area contributed by atoms with Crippen molar-refractivity contribution in [2.75, 3.05) is 13.1 Å². The Kier molecular flexibility index (Phi) is 4.77. The predicted octanol–water partition coefficient (Wildman–Crippen LogP) is 3.19. The van der Waals surface area contributed by atoms with Crippen molar-refractivity contribution >= 4 is 10.0 Å². The molecule has 0 N–H and O–H groups in total. The first kappa shape index (κ1) is 19.7. The highest BCUT2D eigenvalue weighted by Crippen LogP contribution is 2.41. The zero-order valence-corrected chi connectivity index (χ0v) is 17.6. The zero-order chi connectivity index (χ0) is 21.6. The number of sulfonamides is 1. The lowest BCUT2D eigenvalue weighted by atomic mass is 9.81. The van der Waals surface area contributed by atoms with E-state index in [0.29, 0.717) is 19.6 Å². The van der Waals surface area contributed by atoms with Crippen LogP contribution >= 0.6 is 0 Å². The van der Waals surface area contributed by atoms with Crippen molar-refractivity contribution in [3.63, 3.8) is 0 Å². The summed E-state index contributed by atoms with van der Waals surface area (Å²) in [6, 6.07) is 21.6. The number of fused-ring (bicyclic) bond motifs is 4. The molecule has 2 bridgehead atoms. The molecule has 0 radical (unpaired) electrons. The van der Waals surface area contributed by atoms with Crippen molar-refractivity contribution < 1.29 is 8.42 Å². The molecule has 1 fully saturated rings. The van der Waals surface area contributed by atoms with Crippen LogP contribution in [-0.2, 0) is 16.6 Å². The fourth-order valence-electron chi connectivity index (χ4n) is 4.95. The molecule has 3 aromatic rings. The Morgan fingerprint density at radius 2 is 1.65 bits per heavy atom. The minimum Gasteiger partial charge on any atom is -0.311 e. The lowest BCUT2D eigenvalue weighted by Crippen LogP contribution is -2.49. The van der Waals surface area contributed by atoms with Crippen LogP contribution in [0, 0.1) is 17.2 Å². The highest BCUT2D eigenvalue weighted by atomic mass is 32.2. The summed E-state index contributed by atoms with van der Waals surface area (Å²) < 4.78 is 30.2. The highest BCUT2D eigenvalue weighted by Gasteiger charge is 2.41. The Morgan fingerprint density at radius 1 is 0.903 bits per heavy atom. The normalized spacial score (nSPS) is 20.6. The molecule has 7 heteroatoms. The van der Waals surface area contributed by atoms with Crippen LogP contribution in [0.5, 0.6) is 0 Å². The Balaban J connectivity index is 1.59. The molecular weight excluding hydrogens is 410 g/mol. The number of aromatic nitrogens is 1. The first-order chi connectivity index (χ1) is 15.0. The molecule has 0 spiro atoms. The minimum atomic E-state index is -3.81. The molecule has 1 aromatic heterocycles. The molecule has 0 aliphatic carbocycles. The second kappa shape index (κ2) is 7.49. The summed E-state index contributed by atoms with van der Waals surface area (Å²) in [5, 5.41) is 9.39. The third kappa shape index (κ3) is 3.29. The molecule has 6 nitrogen and oxygen atoms in total. The SMILES string of the molecule is N#Cc1ccccc1S(=O)(=O)N1CC2CC(C1)c1c(-c3ccccc3)ccc(=O)n1C2. The van der Waals surface area contributed by atoms with E-state index in [1.54, 1.807) is 18.2 Å². The van der Waals surface area contributed by atoms with Gasteiger partial charge in [-0.05, 0) is 36.1 Å². The molecule has 5 rings (SSSR count). The Bertz CT molecular complexity index is 1360. The largest absolute Gasteiger partial charge is 0.311 e. The molecule has 0 amide bonds. The van der Waals surface area contributed by atoms with E-state index in [0.717, 1.165) is 23.2 Å². The van der Waals surface area contributed by atoms with Crippen LogP contribution < -0.4 is 5.56 Å². The van der Waals surface area contributed by atoms with Crippen LogP contribution in [0.4, 0.5) is 0 Å². The van der Waals surface area contributed by atoms with Crippen LogP contribution in [0.15, 0.2) is 76.4 Å². The second-order valence-electron chi connectivity index (χ2n) is 8.18. The number of nitrogens with zero attached hydrogens (tertiary/aromatic N) is 3. The van der Waals surface area contributed by atoms with Gasteiger partial charge in [0.25, 0.3) is 5.56 Å². The minimum absolute atomic E-state index is 0.0458. The lowest BCUT2D eigenvalue weighted by molar-refractivity contribution is 0.187. The standard InChI is InChI=1S/C24H21N3O3S/c25-13-19-8-4-5-9-22(19)31(29,30)26-14-17-12-20(16-26)24-21(18-6-2-1-3-7-18)10-11-23(28)27(24)15-17/h1-11,17,20H,12,14-16H2. The van der Waals surface area contributed by atoms with Gasteiger partial charge in [0.2, 0.25) is 10.0 Å². The van der Waals surface area contributed by atoms with Crippen LogP contribution in [0.3, 0.4) is 0 Å². The van der Waals surface area contributed by atoms with E-state index in [4.69, 9.17) is 0 Å². The quantitative estimate of drug-likeness (QED) is 0.638. The molecule has 2 aromatic carbocycles. The average Bonchev–Trinajstić information content (AvgIpc) is 2.80. The molecule has 156 valence electrons. The maximum Gasteiger partial charge on any atom is 0.250 e. The summed E-state index contributed by atoms with van der Waals surface area (Å²) in [5.41, 5.74) is 3.00. The number of hydrogen-bond acceptors (Lipinski definition) is 4. The Hall–Kier alpha value is -3.21. The highest BCUT2D eigenvalue weighted by molar-refractivity contribution is 7.89. The topological polar surface area (TPSA) is 83.2 Å². The lowest BCUT2D eigenvalue weighted by Gasteiger charge is -2.43. The summed E-state index contributed by atoms with van der Waals surface area (Å²) in [7, 11) is -3.81. The fourth-order valence-corrected chi connectivity index (χ4v) is 6.66. The summed E-state index contributed by atoms with van der Waals surface area (Å²) in [4.78, 5) is 12.7. The fraction of sp³-hybridized carbons (Fsp3) is 0.250. The first-order valence-electron chi connectivity index (χ1n) is 10.3. The second-order valence-corrected chi connectivity index (χ2v) is 10.1. The number of piperidine rings is 1. The van der Waals surface area contributed by atoms with Gasteiger partial charge in [-0.3, -0.25) is 4.79 Å². The number of rotatable bonds is 3. The van der Waals surface area contributed by atoms with E-state index >= 15 is 0 Å². The molecular formula is C24H21N3O3S. The third-order valence-corrected chi connectivity index (χ3v) is 8.16. The molecule has 0 saturated carbocycles. The van der Waals surface area contributed by atoms with Crippen LogP contribution in [0.25, 0.3) is 11.1 Å². The Morgan fingerprint density at radius 3 is 2.42 bits per heavy atom. The van der Waals surface area contributed by atoms with Gasteiger partial charge in [0.15, 0.2) is 0 Å². The van der Waals surface area contributed by atoms with E-state index in [2.05, 4.69) is 0 Å². The van der Waals surface area contributed by atoms with Gasteiger partial charge >= 0.3 is 0 Å².